The lowest BCUT2D eigenvalue weighted by Crippen LogP contribution is -2.26. The monoisotopic (exact) mass is 431 g/mol. The predicted octanol–water partition coefficient (Wildman–Crippen LogP) is 4.50. The number of likely N-dealkylation sites (N-methyl/N-ethyl adjacent to an activating group) is 2. The number of rotatable bonds is 2. The average Bonchev–Trinajstić information content (AvgIpc) is 2.96. The van der Waals surface area contributed by atoms with Crippen LogP contribution in [0.25, 0.3) is 11.8 Å². The predicted molar refractivity (Wildman–Crippen MR) is 114 cm³/mol. The molecule has 0 bridgehead atoms. The molecule has 2 aromatic rings. The molecule has 6 heteroatoms. The fourth-order valence-electron chi connectivity index (χ4n) is 3.42. The zero-order valence-corrected chi connectivity index (χ0v) is 18.2. The van der Waals surface area contributed by atoms with Gasteiger partial charge in [-0.05, 0) is 80.9 Å². The molecule has 4 nitrogen and oxygen atoms in total. The van der Waals surface area contributed by atoms with Gasteiger partial charge in [0.05, 0.1) is 0 Å². The van der Waals surface area contributed by atoms with Crippen molar-refractivity contribution in [3.05, 3.63) is 56.4 Å². The minimum Gasteiger partial charge on any atom is -0.318 e. The van der Waals surface area contributed by atoms with E-state index in [0.29, 0.717) is 10.8 Å². The van der Waals surface area contributed by atoms with E-state index in [-0.39, 0.29) is 5.91 Å². The van der Waals surface area contributed by atoms with E-state index in [4.69, 9.17) is 12.2 Å². The lowest BCUT2D eigenvalue weighted by atomic mass is 10.1. The summed E-state index contributed by atoms with van der Waals surface area (Å²) < 4.78 is 3.36. The molecule has 0 unspecified atom stereocenters. The summed E-state index contributed by atoms with van der Waals surface area (Å²) >= 11 is 8.93. The largest absolute Gasteiger partial charge is 0.318 e. The van der Waals surface area contributed by atoms with E-state index in [9.17, 15) is 4.79 Å². The first-order valence-corrected chi connectivity index (χ1v) is 9.57. The van der Waals surface area contributed by atoms with Crippen molar-refractivity contribution in [2.75, 3.05) is 14.1 Å². The van der Waals surface area contributed by atoms with Crippen molar-refractivity contribution in [3.63, 3.8) is 0 Å². The third kappa shape index (κ3) is 2.91. The van der Waals surface area contributed by atoms with E-state index in [0.717, 1.165) is 27.1 Å². The van der Waals surface area contributed by atoms with E-state index >= 15 is 0 Å². The first-order valence-electron chi connectivity index (χ1n) is 8.37. The molecule has 0 spiro atoms. The molecule has 1 amide bonds. The summed E-state index contributed by atoms with van der Waals surface area (Å²) in [6.07, 6.45) is 1.93. The molecule has 0 aliphatic carbocycles. The zero-order valence-electron chi connectivity index (χ0n) is 15.8. The molecule has 1 fully saturated rings. The van der Waals surface area contributed by atoms with Crippen LogP contribution in [-0.4, -0.2) is 39.5 Å². The maximum Gasteiger partial charge on any atom is 0.276 e. The number of carbonyl (C=O) groups is 1. The molecule has 3 rings (SSSR count). The highest BCUT2D eigenvalue weighted by atomic mass is 79.9. The fourth-order valence-corrected chi connectivity index (χ4v) is 3.83. The Morgan fingerprint density at radius 2 is 1.58 bits per heavy atom. The highest BCUT2D eigenvalue weighted by Gasteiger charge is 2.33. The molecule has 0 atom stereocenters. The normalized spacial score (nSPS) is 16.3. The Bertz CT molecular complexity index is 951. The van der Waals surface area contributed by atoms with Crippen LogP contribution in [0.2, 0.25) is 0 Å². The molecule has 0 saturated carbocycles. The van der Waals surface area contributed by atoms with Gasteiger partial charge in [0.25, 0.3) is 5.91 Å². The molecular formula is C20H22BrN3OS. The Balaban J connectivity index is 2.12. The third-order valence-electron chi connectivity index (χ3n) is 4.90. The second kappa shape index (κ2) is 6.67. The van der Waals surface area contributed by atoms with Gasteiger partial charge in [-0.2, -0.15) is 0 Å². The number of amides is 1. The zero-order chi connectivity index (χ0) is 19.3. The highest BCUT2D eigenvalue weighted by molar-refractivity contribution is 9.10. The van der Waals surface area contributed by atoms with Crippen LogP contribution in [0.15, 0.2) is 28.4 Å². The summed E-state index contributed by atoms with van der Waals surface area (Å²) in [7, 11) is 3.54. The molecular weight excluding hydrogens is 410 g/mol. The molecule has 26 heavy (non-hydrogen) atoms. The van der Waals surface area contributed by atoms with Gasteiger partial charge in [-0.15, -0.1) is 0 Å². The van der Waals surface area contributed by atoms with Crippen molar-refractivity contribution in [2.45, 2.75) is 27.7 Å². The number of hydrogen-bond donors (Lipinski definition) is 0. The van der Waals surface area contributed by atoms with E-state index in [1.54, 1.807) is 11.9 Å². The second-order valence-electron chi connectivity index (χ2n) is 6.79. The van der Waals surface area contributed by atoms with Crippen LogP contribution in [0.3, 0.4) is 0 Å². The molecule has 2 heterocycles. The van der Waals surface area contributed by atoms with Crippen molar-refractivity contribution in [2.24, 2.45) is 0 Å². The molecule has 1 aliphatic heterocycles. The Kier molecular flexibility index (Phi) is 4.84. The average molecular weight is 432 g/mol. The summed E-state index contributed by atoms with van der Waals surface area (Å²) in [6, 6.07) is 6.45. The smallest absolute Gasteiger partial charge is 0.276 e. The van der Waals surface area contributed by atoms with Crippen LogP contribution in [-0.2, 0) is 4.79 Å². The summed E-state index contributed by atoms with van der Waals surface area (Å²) in [5.41, 5.74) is 7.36. The number of aryl methyl sites for hydroxylation is 3. The molecule has 1 aromatic carbocycles. The topological polar surface area (TPSA) is 28.5 Å². The number of thiocarbonyl (C=S) groups is 1. The molecule has 0 N–H and O–H groups in total. The van der Waals surface area contributed by atoms with Crippen molar-refractivity contribution in [1.29, 1.82) is 0 Å². The molecule has 136 valence electrons. The summed E-state index contributed by atoms with van der Waals surface area (Å²) in [6.45, 7) is 8.35. The van der Waals surface area contributed by atoms with Gasteiger partial charge in [0.2, 0.25) is 0 Å². The standard InChI is InChI=1S/C20H22BrN3OS/c1-11-7-16(8-12(2)18(11)21)24-13(3)9-15(14(24)4)10-17-19(25)23(6)20(26)22(17)5/h7-10H,1-6H3/b17-10-. The van der Waals surface area contributed by atoms with Crippen molar-refractivity contribution in [3.8, 4) is 5.69 Å². The van der Waals surface area contributed by atoms with E-state index in [2.05, 4.69) is 66.4 Å². The molecule has 1 saturated heterocycles. The minimum absolute atomic E-state index is 0.0716. The Morgan fingerprint density at radius 3 is 2.08 bits per heavy atom. The van der Waals surface area contributed by atoms with Crippen molar-refractivity contribution in [1.82, 2.24) is 14.4 Å². The maximum atomic E-state index is 12.4. The van der Waals surface area contributed by atoms with Gasteiger partial charge in [-0.3, -0.25) is 9.69 Å². The second-order valence-corrected chi connectivity index (χ2v) is 7.95. The lowest BCUT2D eigenvalue weighted by molar-refractivity contribution is -0.121. The van der Waals surface area contributed by atoms with Crippen molar-refractivity contribution < 1.29 is 4.79 Å². The van der Waals surface area contributed by atoms with E-state index in [1.807, 2.05) is 13.1 Å². The van der Waals surface area contributed by atoms with Gasteiger partial charge in [0.1, 0.15) is 5.70 Å². The van der Waals surface area contributed by atoms with Crippen LogP contribution < -0.4 is 0 Å². The fraction of sp³-hybridized carbons (Fsp3) is 0.300. The molecule has 0 radical (unpaired) electrons. The Hall–Kier alpha value is -1.92. The van der Waals surface area contributed by atoms with Gasteiger partial charge in [0.15, 0.2) is 5.11 Å². The van der Waals surface area contributed by atoms with Gasteiger partial charge < -0.3 is 9.47 Å². The van der Waals surface area contributed by atoms with Crippen LogP contribution in [0.1, 0.15) is 28.1 Å². The Labute approximate surface area is 168 Å². The highest BCUT2D eigenvalue weighted by Crippen LogP contribution is 2.29. The van der Waals surface area contributed by atoms with Crippen LogP contribution in [0, 0.1) is 27.7 Å². The first-order chi connectivity index (χ1) is 12.1. The van der Waals surface area contributed by atoms with Gasteiger partial charge in [-0.1, -0.05) is 15.9 Å². The number of benzene rings is 1. The number of hydrogen-bond acceptors (Lipinski definition) is 2. The summed E-state index contributed by atoms with van der Waals surface area (Å²) in [4.78, 5) is 15.7. The van der Waals surface area contributed by atoms with Gasteiger partial charge in [-0.25, -0.2) is 0 Å². The number of carbonyl (C=O) groups excluding carboxylic acids is 1. The SMILES string of the molecule is Cc1cc(-n2c(C)cc(/C=C3/C(=O)N(C)C(=S)N3C)c2C)cc(C)c1Br. The minimum atomic E-state index is -0.0716. The number of aromatic nitrogens is 1. The van der Waals surface area contributed by atoms with E-state index in [1.165, 1.54) is 16.0 Å². The van der Waals surface area contributed by atoms with E-state index < -0.39 is 0 Å². The first kappa shape index (κ1) is 18.9. The van der Waals surface area contributed by atoms with Gasteiger partial charge >= 0.3 is 0 Å². The van der Waals surface area contributed by atoms with Crippen LogP contribution >= 0.6 is 28.1 Å². The van der Waals surface area contributed by atoms with Crippen molar-refractivity contribution >= 4 is 45.2 Å². The van der Waals surface area contributed by atoms with Crippen LogP contribution in [0.4, 0.5) is 0 Å². The lowest BCUT2D eigenvalue weighted by Gasteiger charge is -2.14. The summed E-state index contributed by atoms with van der Waals surface area (Å²) in [5.74, 6) is -0.0716. The molecule has 1 aromatic heterocycles. The quantitative estimate of drug-likeness (QED) is 0.517. The van der Waals surface area contributed by atoms with Gasteiger partial charge in [0, 0.05) is 35.6 Å². The summed E-state index contributed by atoms with van der Waals surface area (Å²) in [5, 5.41) is 0.522. The number of halogens is 1. The third-order valence-corrected chi connectivity index (χ3v) is 6.70. The Morgan fingerprint density at radius 1 is 1.00 bits per heavy atom. The number of nitrogens with zero attached hydrogens (tertiary/aromatic N) is 3. The van der Waals surface area contributed by atoms with Crippen LogP contribution in [0.5, 0.6) is 0 Å². The molecule has 1 aliphatic rings. The maximum absolute atomic E-state index is 12.4.